The van der Waals surface area contributed by atoms with Crippen LogP contribution in [-0.2, 0) is 0 Å². The monoisotopic (exact) mass is 641 g/mol. The van der Waals surface area contributed by atoms with Crippen molar-refractivity contribution in [2.24, 2.45) is 0 Å². The van der Waals surface area contributed by atoms with Gasteiger partial charge in [-0.15, -0.1) is 0 Å². The van der Waals surface area contributed by atoms with Gasteiger partial charge >= 0.3 is 0 Å². The van der Waals surface area contributed by atoms with E-state index in [1.807, 2.05) is 97.1 Å². The van der Waals surface area contributed by atoms with Crippen LogP contribution in [0.3, 0.4) is 0 Å². The summed E-state index contributed by atoms with van der Waals surface area (Å²) in [5.41, 5.74) is 8.52. The van der Waals surface area contributed by atoms with Gasteiger partial charge in [-0.25, -0.2) is 19.9 Å². The highest BCUT2D eigenvalue weighted by Crippen LogP contribution is 2.41. The van der Waals surface area contributed by atoms with E-state index >= 15 is 0 Å². The molecule has 7 aromatic carbocycles. The normalized spacial score (nSPS) is 11.6. The first-order valence-corrected chi connectivity index (χ1v) is 16.6. The van der Waals surface area contributed by atoms with Crippen LogP contribution in [0.2, 0.25) is 0 Å². The average Bonchev–Trinajstić information content (AvgIpc) is 3.79. The smallest absolute Gasteiger partial charge is 0.227 e. The minimum atomic E-state index is 0.614. The summed E-state index contributed by atoms with van der Waals surface area (Å²) in [4.78, 5) is 19.8. The van der Waals surface area contributed by atoms with E-state index in [1.54, 1.807) is 0 Å². The molecule has 6 heteroatoms. The molecule has 10 aromatic rings. The molecule has 0 bridgehead atoms. The second-order valence-corrected chi connectivity index (χ2v) is 12.3. The molecule has 0 radical (unpaired) electrons. The third kappa shape index (κ3) is 4.58. The Morgan fingerprint density at radius 1 is 0.420 bits per heavy atom. The lowest BCUT2D eigenvalue weighted by Crippen LogP contribution is -2.01. The molecule has 0 aliphatic heterocycles. The third-order valence-electron chi connectivity index (χ3n) is 9.25. The first-order valence-electron chi connectivity index (χ1n) is 16.6. The van der Waals surface area contributed by atoms with Gasteiger partial charge in [-0.05, 0) is 47.9 Å². The molecule has 6 nitrogen and oxygen atoms in total. The molecule has 3 heterocycles. The van der Waals surface area contributed by atoms with Gasteiger partial charge in [-0.3, -0.25) is 0 Å². The van der Waals surface area contributed by atoms with E-state index in [0.717, 1.165) is 71.6 Å². The van der Waals surface area contributed by atoms with Crippen molar-refractivity contribution < 1.29 is 4.42 Å². The number of hydrogen-bond acceptors (Lipinski definition) is 5. The standard InChI is InChI=1S/C44H27N5O/c1-4-13-29(14-5-1)41-46-42(30-15-6-2-7-16-30)48-43(47-41)32-19-12-20-33(27-32)49-36-22-11-10-21-34(36)39-37(49)26-24-28-23-25-35-40(38(28)39)50-44(45-35)31-17-8-3-9-18-31/h1-27H. The molecule has 0 aliphatic carbocycles. The van der Waals surface area contributed by atoms with Crippen LogP contribution >= 0.6 is 0 Å². The summed E-state index contributed by atoms with van der Waals surface area (Å²) in [5, 5.41) is 4.42. The second kappa shape index (κ2) is 11.4. The Morgan fingerprint density at radius 3 is 1.70 bits per heavy atom. The molecule has 0 fully saturated rings. The van der Waals surface area contributed by atoms with Crippen LogP contribution in [0.1, 0.15) is 0 Å². The van der Waals surface area contributed by atoms with Gasteiger partial charge in [0.2, 0.25) is 5.89 Å². The van der Waals surface area contributed by atoms with Crippen molar-refractivity contribution in [1.29, 1.82) is 0 Å². The molecule has 0 atom stereocenters. The Morgan fingerprint density at radius 2 is 1.00 bits per heavy atom. The first-order chi connectivity index (χ1) is 24.8. The number of fused-ring (bicyclic) bond motifs is 7. The molecule has 0 saturated heterocycles. The number of rotatable bonds is 5. The molecular weight excluding hydrogens is 615 g/mol. The van der Waals surface area contributed by atoms with Crippen molar-refractivity contribution in [2.75, 3.05) is 0 Å². The number of nitrogens with zero attached hydrogens (tertiary/aromatic N) is 5. The van der Waals surface area contributed by atoms with Crippen LogP contribution in [0, 0.1) is 0 Å². The molecule has 3 aromatic heterocycles. The molecule has 50 heavy (non-hydrogen) atoms. The highest BCUT2D eigenvalue weighted by atomic mass is 16.3. The van der Waals surface area contributed by atoms with E-state index in [9.17, 15) is 0 Å². The Balaban J connectivity index is 1.20. The van der Waals surface area contributed by atoms with E-state index in [4.69, 9.17) is 24.4 Å². The zero-order chi connectivity index (χ0) is 33.0. The minimum Gasteiger partial charge on any atom is -0.435 e. The maximum Gasteiger partial charge on any atom is 0.227 e. The molecule has 234 valence electrons. The summed E-state index contributed by atoms with van der Waals surface area (Å²) in [6.45, 7) is 0. The molecule has 0 unspecified atom stereocenters. The minimum absolute atomic E-state index is 0.614. The zero-order valence-corrected chi connectivity index (χ0v) is 26.7. The molecule has 0 N–H and O–H groups in total. The van der Waals surface area contributed by atoms with Crippen molar-refractivity contribution in [3.63, 3.8) is 0 Å². The fourth-order valence-electron chi connectivity index (χ4n) is 6.96. The van der Waals surface area contributed by atoms with Gasteiger partial charge in [-0.2, -0.15) is 0 Å². The molecule has 0 saturated carbocycles. The van der Waals surface area contributed by atoms with Gasteiger partial charge < -0.3 is 8.98 Å². The van der Waals surface area contributed by atoms with Gasteiger partial charge in [0.1, 0.15) is 5.52 Å². The molecule has 0 amide bonds. The Labute approximate surface area is 287 Å². The Kier molecular flexibility index (Phi) is 6.39. The SMILES string of the molecule is c1ccc(-c2nc(-c3ccccc3)nc(-c3cccc(-n4c5ccccc5c5c6c(ccc7nc(-c8ccccc8)oc76)ccc54)c3)n2)cc1. The van der Waals surface area contributed by atoms with Crippen LogP contribution in [0.25, 0.3) is 95.0 Å². The van der Waals surface area contributed by atoms with E-state index in [0.29, 0.717) is 23.4 Å². The van der Waals surface area contributed by atoms with Gasteiger partial charge in [-0.1, -0.05) is 121 Å². The van der Waals surface area contributed by atoms with E-state index in [-0.39, 0.29) is 0 Å². The van der Waals surface area contributed by atoms with E-state index in [2.05, 4.69) is 71.3 Å². The quantitative estimate of drug-likeness (QED) is 0.187. The van der Waals surface area contributed by atoms with Crippen LogP contribution in [0.4, 0.5) is 0 Å². The first kappa shape index (κ1) is 28.1. The van der Waals surface area contributed by atoms with Gasteiger partial charge in [0.05, 0.1) is 11.0 Å². The van der Waals surface area contributed by atoms with Crippen LogP contribution in [-0.4, -0.2) is 24.5 Å². The predicted molar refractivity (Wildman–Crippen MR) is 201 cm³/mol. The van der Waals surface area contributed by atoms with Gasteiger partial charge in [0, 0.05) is 44.1 Å². The van der Waals surface area contributed by atoms with E-state index < -0.39 is 0 Å². The number of aromatic nitrogens is 5. The van der Waals surface area contributed by atoms with E-state index in [1.165, 1.54) is 0 Å². The summed E-state index contributed by atoms with van der Waals surface area (Å²) >= 11 is 0. The number of hydrogen-bond donors (Lipinski definition) is 0. The van der Waals surface area contributed by atoms with Crippen LogP contribution in [0.15, 0.2) is 168 Å². The van der Waals surface area contributed by atoms with Gasteiger partial charge in [0.25, 0.3) is 0 Å². The average molecular weight is 642 g/mol. The second-order valence-electron chi connectivity index (χ2n) is 12.3. The largest absolute Gasteiger partial charge is 0.435 e. The molecule has 0 spiro atoms. The number of oxazole rings is 1. The summed E-state index contributed by atoms with van der Waals surface area (Å²) in [6.07, 6.45) is 0. The maximum absolute atomic E-state index is 6.57. The maximum atomic E-state index is 6.57. The predicted octanol–water partition coefficient (Wildman–Crippen LogP) is 10.9. The molecular formula is C44H27N5O. The number of para-hydroxylation sites is 1. The summed E-state index contributed by atoms with van der Waals surface area (Å²) in [5.74, 6) is 2.49. The van der Waals surface area contributed by atoms with Crippen LogP contribution in [0.5, 0.6) is 0 Å². The zero-order valence-electron chi connectivity index (χ0n) is 26.7. The van der Waals surface area contributed by atoms with Crippen molar-refractivity contribution in [3.8, 4) is 51.3 Å². The summed E-state index contributed by atoms with van der Waals surface area (Å²) in [6, 6.07) is 55.7. The summed E-state index contributed by atoms with van der Waals surface area (Å²) in [7, 11) is 0. The van der Waals surface area contributed by atoms with Gasteiger partial charge in [0.15, 0.2) is 23.1 Å². The highest BCUT2D eigenvalue weighted by molar-refractivity contribution is 6.27. The topological polar surface area (TPSA) is 69.6 Å². The lowest BCUT2D eigenvalue weighted by atomic mass is 10.0. The van der Waals surface area contributed by atoms with Crippen LogP contribution < -0.4 is 0 Å². The lowest BCUT2D eigenvalue weighted by molar-refractivity contribution is 0.623. The molecule has 10 rings (SSSR count). The highest BCUT2D eigenvalue weighted by Gasteiger charge is 2.20. The van der Waals surface area contributed by atoms with Crippen molar-refractivity contribution in [2.45, 2.75) is 0 Å². The summed E-state index contributed by atoms with van der Waals surface area (Å²) < 4.78 is 8.89. The molecule has 0 aliphatic rings. The lowest BCUT2D eigenvalue weighted by Gasteiger charge is -2.12. The fourth-order valence-corrected chi connectivity index (χ4v) is 6.96. The Hall–Kier alpha value is -6.92. The number of benzene rings is 7. The van der Waals surface area contributed by atoms with Crippen molar-refractivity contribution in [1.82, 2.24) is 24.5 Å². The Bertz CT molecular complexity index is 2800. The third-order valence-corrected chi connectivity index (χ3v) is 9.25. The fraction of sp³-hybridized carbons (Fsp3) is 0. The van der Waals surface area contributed by atoms with Crippen molar-refractivity contribution in [3.05, 3.63) is 164 Å². The van der Waals surface area contributed by atoms with Crippen molar-refractivity contribution >= 4 is 43.7 Å².